The number of hydrogen-bond donors (Lipinski definition) is 0. The Kier molecular flexibility index (Phi) is 5.06. The number of rotatable bonds is 3. The summed E-state index contributed by atoms with van der Waals surface area (Å²) in [5, 5.41) is 0. The maximum absolute atomic E-state index is 4.81. The summed E-state index contributed by atoms with van der Waals surface area (Å²) in [4.78, 5) is 4.81. The van der Waals surface area contributed by atoms with Gasteiger partial charge in [0.1, 0.15) is 5.82 Å². The van der Waals surface area contributed by atoms with E-state index in [0.717, 1.165) is 25.1 Å². The van der Waals surface area contributed by atoms with Crippen LogP contribution in [0.25, 0.3) is 22.4 Å². The number of aryl methyl sites for hydroxylation is 3. The Morgan fingerprint density at radius 2 is 1.75 bits per heavy atom. The molecule has 1 aromatic heterocycles. The van der Waals surface area contributed by atoms with Crippen LogP contribution in [0.1, 0.15) is 31.2 Å². The molecule has 3 aromatic rings. The number of imidazole rings is 1. The van der Waals surface area contributed by atoms with Crippen molar-refractivity contribution in [1.29, 1.82) is 0 Å². The number of halogens is 1. The van der Waals surface area contributed by atoms with Crippen LogP contribution in [0.15, 0.2) is 54.7 Å². The van der Waals surface area contributed by atoms with Crippen LogP contribution >= 0.6 is 12.4 Å². The zero-order valence-corrected chi connectivity index (χ0v) is 14.9. The van der Waals surface area contributed by atoms with E-state index < -0.39 is 0 Å². The van der Waals surface area contributed by atoms with Gasteiger partial charge in [-0.1, -0.05) is 55.5 Å². The van der Waals surface area contributed by atoms with Crippen molar-refractivity contribution in [3.8, 4) is 22.4 Å². The maximum Gasteiger partial charge on any atom is 0.109 e. The van der Waals surface area contributed by atoms with Gasteiger partial charge in [0.25, 0.3) is 0 Å². The van der Waals surface area contributed by atoms with Gasteiger partial charge in [-0.25, -0.2) is 4.98 Å². The standard InChI is InChI=1S/C21H22N2.ClH/c1-2-16-6-5-7-19(14-16)17-9-11-18(12-10-17)20-15-23-13-4-3-8-21(23)22-20;/h5-7,9-12,14-15H,2-4,8,13H2,1H3;1H. The molecular formula is C21H23ClN2. The lowest BCUT2D eigenvalue weighted by molar-refractivity contribution is 0.522. The second-order valence-electron chi connectivity index (χ2n) is 6.32. The van der Waals surface area contributed by atoms with Crippen molar-refractivity contribution in [2.75, 3.05) is 0 Å². The molecule has 0 atom stereocenters. The molecule has 3 heteroatoms. The molecule has 0 amide bonds. The molecule has 0 fully saturated rings. The van der Waals surface area contributed by atoms with Gasteiger partial charge in [0.2, 0.25) is 0 Å². The van der Waals surface area contributed by atoms with Crippen molar-refractivity contribution in [3.63, 3.8) is 0 Å². The summed E-state index contributed by atoms with van der Waals surface area (Å²) in [6.45, 7) is 3.31. The van der Waals surface area contributed by atoms with E-state index in [2.05, 4.69) is 66.2 Å². The predicted molar refractivity (Wildman–Crippen MR) is 103 cm³/mol. The minimum atomic E-state index is 0. The van der Waals surface area contributed by atoms with Crippen LogP contribution in [0.2, 0.25) is 0 Å². The summed E-state index contributed by atoms with van der Waals surface area (Å²) in [5.74, 6) is 1.24. The monoisotopic (exact) mass is 338 g/mol. The Hall–Kier alpha value is -2.06. The van der Waals surface area contributed by atoms with E-state index in [0.29, 0.717) is 0 Å². The topological polar surface area (TPSA) is 17.8 Å². The van der Waals surface area contributed by atoms with Gasteiger partial charge in [-0.15, -0.1) is 12.4 Å². The third-order valence-corrected chi connectivity index (χ3v) is 4.76. The Bertz CT molecular complexity index is 795. The molecule has 0 bridgehead atoms. The quantitative estimate of drug-likeness (QED) is 0.613. The van der Waals surface area contributed by atoms with Gasteiger partial charge in [-0.3, -0.25) is 0 Å². The van der Waals surface area contributed by atoms with Crippen LogP contribution in [-0.2, 0) is 19.4 Å². The third kappa shape index (κ3) is 3.25. The summed E-state index contributed by atoms with van der Waals surface area (Å²) in [5.41, 5.74) is 6.26. The maximum atomic E-state index is 4.81. The zero-order chi connectivity index (χ0) is 15.6. The van der Waals surface area contributed by atoms with E-state index in [-0.39, 0.29) is 12.4 Å². The minimum absolute atomic E-state index is 0. The van der Waals surface area contributed by atoms with Gasteiger partial charge in [0.05, 0.1) is 5.69 Å². The Morgan fingerprint density at radius 1 is 0.958 bits per heavy atom. The fourth-order valence-corrected chi connectivity index (χ4v) is 3.36. The summed E-state index contributed by atoms with van der Waals surface area (Å²) in [7, 11) is 0. The van der Waals surface area contributed by atoms with Crippen molar-refractivity contribution in [2.24, 2.45) is 0 Å². The van der Waals surface area contributed by atoms with Crippen LogP contribution in [0.4, 0.5) is 0 Å². The lowest BCUT2D eigenvalue weighted by Crippen LogP contribution is -2.08. The van der Waals surface area contributed by atoms with Gasteiger partial charge in [0, 0.05) is 24.7 Å². The number of fused-ring (bicyclic) bond motifs is 1. The van der Waals surface area contributed by atoms with Crippen LogP contribution in [0.3, 0.4) is 0 Å². The molecule has 2 aromatic carbocycles. The highest BCUT2D eigenvalue weighted by Gasteiger charge is 2.13. The molecule has 2 heterocycles. The fraction of sp³-hybridized carbons (Fsp3) is 0.286. The molecule has 4 rings (SSSR count). The van der Waals surface area contributed by atoms with Crippen molar-refractivity contribution in [3.05, 3.63) is 66.1 Å². The predicted octanol–water partition coefficient (Wildman–Crippen LogP) is 5.54. The number of benzene rings is 2. The largest absolute Gasteiger partial charge is 0.334 e. The van der Waals surface area contributed by atoms with E-state index in [1.54, 1.807) is 0 Å². The minimum Gasteiger partial charge on any atom is -0.334 e. The van der Waals surface area contributed by atoms with E-state index in [1.165, 1.54) is 40.9 Å². The molecule has 0 aliphatic carbocycles. The summed E-state index contributed by atoms with van der Waals surface area (Å²) >= 11 is 0. The third-order valence-electron chi connectivity index (χ3n) is 4.76. The van der Waals surface area contributed by atoms with Crippen molar-refractivity contribution in [2.45, 2.75) is 39.2 Å². The zero-order valence-electron chi connectivity index (χ0n) is 14.0. The molecule has 24 heavy (non-hydrogen) atoms. The average molecular weight is 339 g/mol. The molecule has 1 aliphatic rings. The molecule has 0 radical (unpaired) electrons. The van der Waals surface area contributed by atoms with Gasteiger partial charge in [-0.05, 0) is 36.0 Å². The van der Waals surface area contributed by atoms with E-state index in [4.69, 9.17) is 4.98 Å². The Labute approximate surface area is 150 Å². The number of aromatic nitrogens is 2. The van der Waals surface area contributed by atoms with E-state index in [9.17, 15) is 0 Å². The first-order chi connectivity index (χ1) is 11.3. The van der Waals surface area contributed by atoms with E-state index in [1.807, 2.05) is 0 Å². The Morgan fingerprint density at radius 3 is 2.50 bits per heavy atom. The van der Waals surface area contributed by atoms with Gasteiger partial charge in [-0.2, -0.15) is 0 Å². The average Bonchev–Trinajstić information content (AvgIpc) is 3.06. The second kappa shape index (κ2) is 7.23. The number of hydrogen-bond acceptors (Lipinski definition) is 1. The molecule has 0 saturated heterocycles. The van der Waals surface area contributed by atoms with Gasteiger partial charge in [0.15, 0.2) is 0 Å². The van der Waals surface area contributed by atoms with Crippen LogP contribution in [0.5, 0.6) is 0 Å². The van der Waals surface area contributed by atoms with Crippen molar-refractivity contribution in [1.82, 2.24) is 9.55 Å². The molecule has 0 spiro atoms. The first kappa shape index (κ1) is 16.8. The lowest BCUT2D eigenvalue weighted by Gasteiger charge is -2.11. The highest BCUT2D eigenvalue weighted by atomic mass is 35.5. The Balaban J connectivity index is 0.00000169. The SMILES string of the molecule is CCc1cccc(-c2ccc(-c3cn4c(n3)CCCC4)cc2)c1.Cl. The smallest absolute Gasteiger partial charge is 0.109 e. The summed E-state index contributed by atoms with van der Waals surface area (Å²) in [6, 6.07) is 17.6. The van der Waals surface area contributed by atoms with E-state index >= 15 is 0 Å². The molecule has 0 saturated carbocycles. The molecule has 2 nitrogen and oxygen atoms in total. The summed E-state index contributed by atoms with van der Waals surface area (Å²) in [6.07, 6.45) is 6.94. The fourth-order valence-electron chi connectivity index (χ4n) is 3.36. The second-order valence-corrected chi connectivity index (χ2v) is 6.32. The normalized spacial score (nSPS) is 13.2. The van der Waals surface area contributed by atoms with Gasteiger partial charge >= 0.3 is 0 Å². The number of nitrogens with zero attached hydrogens (tertiary/aromatic N) is 2. The molecule has 124 valence electrons. The molecule has 0 N–H and O–H groups in total. The van der Waals surface area contributed by atoms with Crippen LogP contribution < -0.4 is 0 Å². The first-order valence-electron chi connectivity index (χ1n) is 8.59. The molecule has 1 aliphatic heterocycles. The molecule has 0 unspecified atom stereocenters. The summed E-state index contributed by atoms with van der Waals surface area (Å²) < 4.78 is 2.32. The van der Waals surface area contributed by atoms with Crippen LogP contribution in [-0.4, -0.2) is 9.55 Å². The van der Waals surface area contributed by atoms with Crippen molar-refractivity contribution >= 4 is 12.4 Å². The van der Waals surface area contributed by atoms with Crippen LogP contribution in [0, 0.1) is 0 Å². The van der Waals surface area contributed by atoms with Gasteiger partial charge < -0.3 is 4.57 Å². The highest BCUT2D eigenvalue weighted by molar-refractivity contribution is 5.85. The molecular weight excluding hydrogens is 316 g/mol. The first-order valence-corrected chi connectivity index (χ1v) is 8.59. The lowest BCUT2D eigenvalue weighted by atomic mass is 10.0. The highest BCUT2D eigenvalue weighted by Crippen LogP contribution is 2.26. The van der Waals surface area contributed by atoms with Crippen molar-refractivity contribution < 1.29 is 0 Å².